The van der Waals surface area contributed by atoms with Gasteiger partial charge in [0.15, 0.2) is 0 Å². The average Bonchev–Trinajstić information content (AvgIpc) is 2.67. The van der Waals surface area contributed by atoms with Gasteiger partial charge in [-0.2, -0.15) is 8.42 Å². The van der Waals surface area contributed by atoms with E-state index in [1.54, 1.807) is 0 Å². The zero-order valence-corrected chi connectivity index (χ0v) is 16.4. The van der Waals surface area contributed by atoms with Crippen LogP contribution in [0, 0.1) is 0 Å². The normalized spacial score (nSPS) is 11.3. The van der Waals surface area contributed by atoms with Crippen molar-refractivity contribution in [3.63, 3.8) is 0 Å². The zero-order chi connectivity index (χ0) is 19.8. The van der Waals surface area contributed by atoms with Crippen molar-refractivity contribution in [2.45, 2.75) is 25.7 Å². The van der Waals surface area contributed by atoms with Gasteiger partial charge in [-0.05, 0) is 66.6 Å². The fourth-order valence-electron chi connectivity index (χ4n) is 3.02. The molecule has 5 heteroatoms. The van der Waals surface area contributed by atoms with Crippen LogP contribution in [-0.4, -0.2) is 18.7 Å². The van der Waals surface area contributed by atoms with Gasteiger partial charge in [0.1, 0.15) is 11.5 Å². The molecule has 0 atom stereocenters. The Hall–Kier alpha value is -2.63. The number of hydrogen-bond acceptors (Lipinski definition) is 3. The van der Waals surface area contributed by atoms with Crippen molar-refractivity contribution in [1.82, 2.24) is 0 Å². The van der Waals surface area contributed by atoms with Gasteiger partial charge < -0.3 is 4.74 Å². The van der Waals surface area contributed by atoms with Gasteiger partial charge in [0, 0.05) is 0 Å². The highest BCUT2D eigenvalue weighted by Crippen LogP contribution is 2.24. The van der Waals surface area contributed by atoms with Gasteiger partial charge in [-0.15, -0.1) is 0 Å². The lowest BCUT2D eigenvalue weighted by Gasteiger charge is -2.09. The van der Waals surface area contributed by atoms with Gasteiger partial charge in [-0.25, -0.2) is 0 Å². The lowest BCUT2D eigenvalue weighted by molar-refractivity contribution is 0.478. The minimum Gasteiger partial charge on any atom is -0.457 e. The van der Waals surface area contributed by atoms with Gasteiger partial charge in [0.25, 0.3) is 10.1 Å². The molecule has 0 radical (unpaired) electrons. The Bertz CT molecular complexity index is 981. The Morgan fingerprint density at radius 2 is 1.39 bits per heavy atom. The molecule has 1 N–H and O–H groups in total. The molecule has 0 spiro atoms. The first-order valence-electron chi connectivity index (χ1n) is 9.33. The van der Waals surface area contributed by atoms with Crippen molar-refractivity contribution in [2.75, 3.05) is 5.75 Å². The van der Waals surface area contributed by atoms with E-state index in [0.29, 0.717) is 12.8 Å². The fraction of sp³-hybridized carbons (Fsp3) is 0.217. The zero-order valence-electron chi connectivity index (χ0n) is 15.6. The molecular weight excluding hydrogens is 372 g/mol. The second-order valence-electron chi connectivity index (χ2n) is 6.80. The molecule has 3 aromatic rings. The Labute approximate surface area is 166 Å². The van der Waals surface area contributed by atoms with Crippen molar-refractivity contribution in [1.29, 1.82) is 0 Å². The van der Waals surface area contributed by atoms with Crippen LogP contribution in [-0.2, 0) is 23.0 Å². The first-order chi connectivity index (χ1) is 13.5. The van der Waals surface area contributed by atoms with E-state index in [1.165, 1.54) is 11.1 Å². The molecule has 0 saturated carbocycles. The Balaban J connectivity index is 1.55. The highest BCUT2D eigenvalue weighted by atomic mass is 32.2. The number of unbranched alkanes of at least 4 members (excludes halogenated alkanes) is 1. The van der Waals surface area contributed by atoms with Crippen molar-refractivity contribution in [3.05, 3.63) is 95.6 Å². The molecule has 28 heavy (non-hydrogen) atoms. The molecule has 0 aliphatic heterocycles. The van der Waals surface area contributed by atoms with E-state index in [2.05, 4.69) is 24.3 Å². The van der Waals surface area contributed by atoms with E-state index in [9.17, 15) is 8.42 Å². The minimum absolute atomic E-state index is 0.196. The Kier molecular flexibility index (Phi) is 6.85. The number of ether oxygens (including phenoxy) is 1. The summed E-state index contributed by atoms with van der Waals surface area (Å²) >= 11 is 0. The summed E-state index contributed by atoms with van der Waals surface area (Å²) < 4.78 is 36.2. The lowest BCUT2D eigenvalue weighted by Crippen LogP contribution is -2.03. The molecule has 146 valence electrons. The molecule has 0 unspecified atom stereocenters. The molecule has 0 aromatic heterocycles. The maximum absolute atomic E-state index is 10.8. The predicted molar refractivity (Wildman–Crippen MR) is 112 cm³/mol. The first kappa shape index (κ1) is 20.1. The third-order valence-corrected chi connectivity index (χ3v) is 5.23. The van der Waals surface area contributed by atoms with Crippen LogP contribution in [0.25, 0.3) is 0 Å². The molecule has 4 nitrogen and oxygen atoms in total. The van der Waals surface area contributed by atoms with Crippen molar-refractivity contribution in [2.24, 2.45) is 0 Å². The van der Waals surface area contributed by atoms with Crippen LogP contribution in [0.15, 0.2) is 78.9 Å². The highest BCUT2D eigenvalue weighted by molar-refractivity contribution is 7.85. The third kappa shape index (κ3) is 6.83. The molecular formula is C23H24O4S. The van der Waals surface area contributed by atoms with Crippen LogP contribution < -0.4 is 4.74 Å². The molecule has 3 rings (SSSR count). The van der Waals surface area contributed by atoms with E-state index in [4.69, 9.17) is 9.29 Å². The maximum Gasteiger partial charge on any atom is 0.264 e. The predicted octanol–water partition coefficient (Wildman–Crippen LogP) is 5.28. The SMILES string of the molecule is O=S(=O)(O)CCCCc1cccc(Oc2ccc(Cc3ccccc3)cc2)c1. The molecule has 0 amide bonds. The van der Waals surface area contributed by atoms with E-state index < -0.39 is 10.1 Å². The largest absolute Gasteiger partial charge is 0.457 e. The highest BCUT2D eigenvalue weighted by Gasteiger charge is 2.05. The second kappa shape index (κ2) is 9.53. The molecule has 0 aliphatic carbocycles. The van der Waals surface area contributed by atoms with Crippen LogP contribution in [0.3, 0.4) is 0 Å². The topological polar surface area (TPSA) is 63.6 Å². The van der Waals surface area contributed by atoms with Crippen LogP contribution in [0.4, 0.5) is 0 Å². The summed E-state index contributed by atoms with van der Waals surface area (Å²) in [6, 6.07) is 26.2. The number of hydrogen-bond donors (Lipinski definition) is 1. The average molecular weight is 397 g/mol. The fourth-order valence-corrected chi connectivity index (χ4v) is 3.59. The third-order valence-electron chi connectivity index (χ3n) is 4.43. The standard InChI is InChI=1S/C23H24O4S/c24-28(25,26)16-5-4-9-20-10-6-11-23(18-20)27-22-14-12-21(13-15-22)17-19-7-2-1-3-8-19/h1-3,6-8,10-15,18H,4-5,9,16-17H2,(H,24,25,26). The van der Waals surface area contributed by atoms with E-state index >= 15 is 0 Å². The smallest absolute Gasteiger partial charge is 0.264 e. The van der Waals surface area contributed by atoms with Gasteiger partial charge in [0.05, 0.1) is 5.75 Å². The summed E-state index contributed by atoms with van der Waals surface area (Å²) in [6.07, 6.45) is 2.76. The first-order valence-corrected chi connectivity index (χ1v) is 10.9. The van der Waals surface area contributed by atoms with Crippen LogP contribution in [0.2, 0.25) is 0 Å². The monoisotopic (exact) mass is 396 g/mol. The van der Waals surface area contributed by atoms with Crippen molar-refractivity contribution >= 4 is 10.1 Å². The van der Waals surface area contributed by atoms with Crippen molar-refractivity contribution in [3.8, 4) is 11.5 Å². The molecule has 0 saturated heterocycles. The van der Waals surface area contributed by atoms with E-state index in [0.717, 1.165) is 29.9 Å². The Morgan fingerprint density at radius 1 is 0.714 bits per heavy atom. The van der Waals surface area contributed by atoms with E-state index in [-0.39, 0.29) is 5.75 Å². The lowest BCUT2D eigenvalue weighted by atomic mass is 10.1. The van der Waals surface area contributed by atoms with Crippen LogP contribution in [0.1, 0.15) is 29.5 Å². The maximum atomic E-state index is 10.8. The van der Waals surface area contributed by atoms with Gasteiger partial charge in [-0.3, -0.25) is 4.55 Å². The molecule has 0 heterocycles. The second-order valence-corrected chi connectivity index (χ2v) is 8.37. The van der Waals surface area contributed by atoms with Gasteiger partial charge in [-0.1, -0.05) is 54.6 Å². The van der Waals surface area contributed by atoms with Crippen LogP contribution in [0.5, 0.6) is 11.5 Å². The molecule has 0 fully saturated rings. The molecule has 3 aromatic carbocycles. The summed E-state index contributed by atoms with van der Waals surface area (Å²) in [5.41, 5.74) is 3.58. The summed E-state index contributed by atoms with van der Waals surface area (Å²) in [5.74, 6) is 1.34. The quantitative estimate of drug-likeness (QED) is 0.395. The summed E-state index contributed by atoms with van der Waals surface area (Å²) in [5, 5.41) is 0. The van der Waals surface area contributed by atoms with Crippen molar-refractivity contribution < 1.29 is 17.7 Å². The molecule has 0 aliphatic rings. The summed E-state index contributed by atoms with van der Waals surface area (Å²) in [4.78, 5) is 0. The molecule has 0 bridgehead atoms. The van der Waals surface area contributed by atoms with Gasteiger partial charge >= 0.3 is 0 Å². The summed E-state index contributed by atoms with van der Waals surface area (Å²) in [7, 11) is -3.88. The van der Waals surface area contributed by atoms with Gasteiger partial charge in [0.2, 0.25) is 0 Å². The number of rotatable bonds is 9. The summed E-state index contributed by atoms with van der Waals surface area (Å²) in [6.45, 7) is 0. The Morgan fingerprint density at radius 3 is 2.11 bits per heavy atom. The minimum atomic E-state index is -3.88. The number of benzene rings is 3. The van der Waals surface area contributed by atoms with Crippen LogP contribution >= 0.6 is 0 Å². The number of aryl methyl sites for hydroxylation is 1. The van der Waals surface area contributed by atoms with E-state index in [1.807, 2.05) is 54.6 Å².